The van der Waals surface area contributed by atoms with Crippen LogP contribution >= 0.6 is 15.9 Å². The van der Waals surface area contributed by atoms with Crippen LogP contribution in [0.15, 0.2) is 34.3 Å². The molecule has 3 heterocycles. The summed E-state index contributed by atoms with van der Waals surface area (Å²) in [6, 6.07) is 1.67. The van der Waals surface area contributed by atoms with Gasteiger partial charge in [0.05, 0.1) is 29.3 Å². The Morgan fingerprint density at radius 1 is 1.33 bits per heavy atom. The number of piperidine rings is 1. The molecule has 0 atom stereocenters. The number of nitrogens with zero attached hydrogens (tertiary/aromatic N) is 4. The van der Waals surface area contributed by atoms with Crippen molar-refractivity contribution in [3.63, 3.8) is 0 Å². The highest BCUT2D eigenvalue weighted by Gasteiger charge is 2.16. The molecule has 2 aromatic rings. The summed E-state index contributed by atoms with van der Waals surface area (Å²) in [4.78, 5) is 29.4. The second kappa shape index (κ2) is 11.7. The quantitative estimate of drug-likeness (QED) is 0.474. The van der Waals surface area contributed by atoms with Crippen molar-refractivity contribution in [2.24, 2.45) is 10.9 Å². The third kappa shape index (κ3) is 6.54. The van der Waals surface area contributed by atoms with E-state index in [0.717, 1.165) is 25.3 Å². The predicted molar refractivity (Wildman–Crippen MR) is 118 cm³/mol. The lowest BCUT2D eigenvalue weighted by atomic mass is 9.98. The molecule has 0 radical (unpaired) electrons. The summed E-state index contributed by atoms with van der Waals surface area (Å²) in [6.45, 7) is 3.78. The van der Waals surface area contributed by atoms with Crippen molar-refractivity contribution in [1.82, 2.24) is 30.9 Å². The molecule has 0 aliphatic carbocycles. The molecule has 0 saturated carbocycles. The van der Waals surface area contributed by atoms with Crippen LogP contribution in [0.1, 0.15) is 28.9 Å². The summed E-state index contributed by atoms with van der Waals surface area (Å²) in [5.41, 5.74) is 1.75. The minimum absolute atomic E-state index is 0.195. The van der Waals surface area contributed by atoms with Crippen LogP contribution in [0.5, 0.6) is 5.88 Å². The molecule has 0 aromatic carbocycles. The largest absolute Gasteiger partial charge is 0.471 e. The Hall–Kier alpha value is -2.43. The lowest BCUT2D eigenvalue weighted by Crippen LogP contribution is -2.33. The van der Waals surface area contributed by atoms with Gasteiger partial charge in [-0.25, -0.2) is 9.97 Å². The highest BCUT2D eigenvalue weighted by Crippen LogP contribution is 2.23. The molecule has 9 nitrogen and oxygen atoms in total. The maximum Gasteiger partial charge on any atom is 0.253 e. The molecule has 1 aliphatic heterocycles. The van der Waals surface area contributed by atoms with Gasteiger partial charge in [0.2, 0.25) is 5.88 Å². The van der Waals surface area contributed by atoms with E-state index in [2.05, 4.69) is 51.8 Å². The number of carbonyl (C=O) groups excluding carboxylic acids is 1. The van der Waals surface area contributed by atoms with E-state index in [-0.39, 0.29) is 12.5 Å². The van der Waals surface area contributed by atoms with E-state index in [9.17, 15) is 4.79 Å². The Labute approximate surface area is 184 Å². The van der Waals surface area contributed by atoms with Crippen LogP contribution in [0.2, 0.25) is 0 Å². The van der Waals surface area contributed by atoms with Crippen molar-refractivity contribution in [2.45, 2.75) is 19.4 Å². The van der Waals surface area contributed by atoms with Crippen molar-refractivity contribution < 1.29 is 9.53 Å². The van der Waals surface area contributed by atoms with Gasteiger partial charge in [0, 0.05) is 26.0 Å². The second-order valence-corrected chi connectivity index (χ2v) is 7.67. The van der Waals surface area contributed by atoms with Crippen LogP contribution in [-0.4, -0.2) is 60.4 Å². The van der Waals surface area contributed by atoms with Gasteiger partial charge >= 0.3 is 0 Å². The van der Waals surface area contributed by atoms with Gasteiger partial charge < -0.3 is 20.7 Å². The zero-order valence-electron chi connectivity index (χ0n) is 16.9. The fraction of sp³-hybridized carbons (Fsp3) is 0.450. The third-order valence-corrected chi connectivity index (χ3v) is 5.19. The molecular weight excluding hydrogens is 450 g/mol. The Morgan fingerprint density at radius 3 is 2.90 bits per heavy atom. The van der Waals surface area contributed by atoms with Gasteiger partial charge in [-0.2, -0.15) is 0 Å². The number of amides is 1. The van der Waals surface area contributed by atoms with Gasteiger partial charge in [0.1, 0.15) is 11.2 Å². The van der Waals surface area contributed by atoms with Crippen molar-refractivity contribution in [3.8, 4) is 5.88 Å². The van der Waals surface area contributed by atoms with Gasteiger partial charge in [-0.3, -0.25) is 14.8 Å². The van der Waals surface area contributed by atoms with Crippen LogP contribution in [-0.2, 0) is 6.54 Å². The first kappa shape index (κ1) is 22.3. The number of carbonyl (C=O) groups is 1. The molecule has 3 rings (SSSR count). The molecule has 1 amide bonds. The van der Waals surface area contributed by atoms with Gasteiger partial charge in [-0.05, 0) is 60.4 Å². The zero-order chi connectivity index (χ0) is 21.2. The monoisotopic (exact) mass is 475 g/mol. The normalized spacial score (nSPS) is 14.7. The number of pyridine rings is 1. The van der Waals surface area contributed by atoms with E-state index in [0.29, 0.717) is 34.2 Å². The van der Waals surface area contributed by atoms with Crippen LogP contribution in [0.4, 0.5) is 5.69 Å². The molecule has 1 fully saturated rings. The standard InChI is InChI=1S/C20H26BrN7O2/c1-22-20(29)15-4-7-25-16(11-24-10-14-2-5-23-6-3-14)19(15)26-8-9-30-18-13-27-17(21)12-28-18/h4,7-8,12-14,23-24H,2-3,5-6,9-11H2,1H3,(H,22,29). The molecule has 0 bridgehead atoms. The first-order valence-corrected chi connectivity index (χ1v) is 10.7. The molecule has 1 aliphatic rings. The fourth-order valence-electron chi connectivity index (χ4n) is 3.20. The summed E-state index contributed by atoms with van der Waals surface area (Å²) >= 11 is 3.23. The molecule has 160 valence electrons. The van der Waals surface area contributed by atoms with Gasteiger partial charge in [-0.1, -0.05) is 0 Å². The smallest absolute Gasteiger partial charge is 0.253 e. The van der Waals surface area contributed by atoms with E-state index in [4.69, 9.17) is 4.74 Å². The number of rotatable bonds is 9. The number of aromatic nitrogens is 3. The van der Waals surface area contributed by atoms with E-state index >= 15 is 0 Å². The number of nitrogens with one attached hydrogen (secondary N) is 3. The van der Waals surface area contributed by atoms with Crippen LogP contribution in [0.3, 0.4) is 0 Å². The minimum atomic E-state index is -0.205. The van der Waals surface area contributed by atoms with Crippen LogP contribution < -0.4 is 20.7 Å². The highest BCUT2D eigenvalue weighted by molar-refractivity contribution is 9.10. The number of aliphatic imine (C=N–C) groups is 1. The van der Waals surface area contributed by atoms with Crippen molar-refractivity contribution in [3.05, 3.63) is 40.5 Å². The van der Waals surface area contributed by atoms with Crippen LogP contribution in [0, 0.1) is 5.92 Å². The maximum absolute atomic E-state index is 12.3. The lowest BCUT2D eigenvalue weighted by Gasteiger charge is -2.22. The lowest BCUT2D eigenvalue weighted by molar-refractivity contribution is 0.0963. The van der Waals surface area contributed by atoms with Gasteiger partial charge in [-0.15, -0.1) is 0 Å². The minimum Gasteiger partial charge on any atom is -0.471 e. The SMILES string of the molecule is CNC(=O)c1ccnc(CNCC2CCNCC2)c1N=CCOc1cnc(Br)cn1. The highest BCUT2D eigenvalue weighted by atomic mass is 79.9. The number of hydrogen-bond donors (Lipinski definition) is 3. The molecule has 3 N–H and O–H groups in total. The maximum atomic E-state index is 12.3. The number of halogens is 1. The predicted octanol–water partition coefficient (Wildman–Crippen LogP) is 1.86. The first-order valence-electron chi connectivity index (χ1n) is 9.91. The fourth-order valence-corrected chi connectivity index (χ4v) is 3.40. The molecule has 2 aromatic heterocycles. The molecule has 0 spiro atoms. The van der Waals surface area contributed by atoms with E-state index in [1.807, 2.05) is 0 Å². The first-order chi connectivity index (χ1) is 14.7. The van der Waals surface area contributed by atoms with Crippen molar-refractivity contribution >= 4 is 33.7 Å². The number of ether oxygens (including phenoxy) is 1. The van der Waals surface area contributed by atoms with E-state index in [1.165, 1.54) is 19.0 Å². The van der Waals surface area contributed by atoms with Gasteiger partial charge in [0.25, 0.3) is 5.91 Å². The van der Waals surface area contributed by atoms with Crippen molar-refractivity contribution in [2.75, 3.05) is 33.3 Å². The Morgan fingerprint density at radius 2 is 2.17 bits per heavy atom. The van der Waals surface area contributed by atoms with Crippen molar-refractivity contribution in [1.29, 1.82) is 0 Å². The topological polar surface area (TPSA) is 113 Å². The molecule has 30 heavy (non-hydrogen) atoms. The summed E-state index contributed by atoms with van der Waals surface area (Å²) < 4.78 is 6.16. The summed E-state index contributed by atoms with van der Waals surface area (Å²) in [7, 11) is 1.60. The molecule has 10 heteroatoms. The van der Waals surface area contributed by atoms with Gasteiger partial charge in [0.15, 0.2) is 0 Å². The Bertz CT molecular complexity index is 855. The summed E-state index contributed by atoms with van der Waals surface area (Å²) in [5.74, 6) is 0.843. The second-order valence-electron chi connectivity index (χ2n) is 6.86. The Kier molecular flexibility index (Phi) is 8.66. The molecular formula is C20H26BrN7O2. The molecule has 0 unspecified atom stereocenters. The van der Waals surface area contributed by atoms with Crippen LogP contribution in [0.25, 0.3) is 0 Å². The molecule has 1 saturated heterocycles. The number of hydrogen-bond acceptors (Lipinski definition) is 8. The Balaban J connectivity index is 1.65. The average Bonchev–Trinajstić information content (AvgIpc) is 2.78. The van der Waals surface area contributed by atoms with E-state index < -0.39 is 0 Å². The third-order valence-electron chi connectivity index (χ3n) is 4.78. The average molecular weight is 476 g/mol. The zero-order valence-corrected chi connectivity index (χ0v) is 18.5. The summed E-state index contributed by atoms with van der Waals surface area (Å²) in [6.07, 6.45) is 8.65. The summed E-state index contributed by atoms with van der Waals surface area (Å²) in [5, 5.41) is 9.50. The van der Waals surface area contributed by atoms with E-state index in [1.54, 1.807) is 31.7 Å².